The summed E-state index contributed by atoms with van der Waals surface area (Å²) in [4.78, 5) is 15.7. The molecule has 2 aromatic rings. The molecule has 0 N–H and O–H groups in total. The minimum Gasteiger partial charge on any atom is -0.566 e. The first-order valence-corrected chi connectivity index (χ1v) is 12.8. The third kappa shape index (κ3) is 7.81. The second-order valence-corrected chi connectivity index (χ2v) is 10.9. The molecule has 0 aliphatic carbocycles. The summed E-state index contributed by atoms with van der Waals surface area (Å²) < 4.78 is 36.1. The molecule has 2 rings (SSSR count). The van der Waals surface area contributed by atoms with Crippen molar-refractivity contribution in [2.75, 3.05) is 0 Å². The van der Waals surface area contributed by atoms with Crippen molar-refractivity contribution in [1.82, 2.24) is 0 Å². The van der Waals surface area contributed by atoms with Gasteiger partial charge in [0, 0.05) is 5.75 Å². The van der Waals surface area contributed by atoms with E-state index in [4.69, 9.17) is 8.92 Å². The average Bonchev–Trinajstić information content (AvgIpc) is 2.72. The molecule has 0 heterocycles. The molecule has 7 nitrogen and oxygen atoms in total. The molecule has 0 fully saturated rings. The topological polar surface area (TPSA) is 105 Å². The van der Waals surface area contributed by atoms with E-state index >= 15 is 0 Å². The Balaban J connectivity index is 0.00000612. The molecule has 0 bridgehead atoms. The second-order valence-electron chi connectivity index (χ2n) is 9.43. The monoisotopic (exact) mass is 511 g/mol. The molecule has 0 spiro atoms. The van der Waals surface area contributed by atoms with E-state index in [9.17, 15) is 18.3 Å². The summed E-state index contributed by atoms with van der Waals surface area (Å²) in [6, 6.07) is 10.8. The van der Waals surface area contributed by atoms with Gasteiger partial charge in [0.05, 0.1) is 0 Å². The van der Waals surface area contributed by atoms with Crippen LogP contribution in [0.15, 0.2) is 41.4 Å². The largest absolute Gasteiger partial charge is 1.00 e. The summed E-state index contributed by atoms with van der Waals surface area (Å²) in [6.45, 7) is 15.3. The third-order valence-corrected chi connectivity index (χ3v) is 6.32. The number of ether oxygens (including phenoxy) is 1. The Kier molecular flexibility index (Phi) is 11.5. The molecule has 0 radical (unpaired) electrons. The van der Waals surface area contributed by atoms with Crippen LogP contribution in [0, 0.1) is 0 Å². The fraction of sp³-hybridized carbons (Fsp3) is 0.462. The van der Waals surface area contributed by atoms with Gasteiger partial charge in [-0.3, -0.25) is 0 Å². The van der Waals surface area contributed by atoms with Crippen LogP contribution < -0.4 is 43.6 Å². The predicted molar refractivity (Wildman–Crippen MR) is 132 cm³/mol. The van der Waals surface area contributed by atoms with Crippen LogP contribution in [0.1, 0.15) is 101 Å². The molecule has 2 aromatic carbocycles. The van der Waals surface area contributed by atoms with E-state index in [-0.39, 0.29) is 59.0 Å². The van der Waals surface area contributed by atoms with E-state index in [1.807, 2.05) is 79.7 Å². The van der Waals surface area contributed by atoms with Gasteiger partial charge in [0.15, 0.2) is 6.08 Å². The third-order valence-electron chi connectivity index (χ3n) is 5.42. The van der Waals surface area contributed by atoms with Crippen LogP contribution in [0.25, 0.3) is 0 Å². The number of benzene rings is 2. The molecule has 0 saturated heterocycles. The van der Waals surface area contributed by atoms with Gasteiger partial charge in [-0.25, -0.2) is 4.79 Å². The zero-order chi connectivity index (χ0) is 25.8. The van der Waals surface area contributed by atoms with Crippen LogP contribution in [-0.4, -0.2) is 19.7 Å². The van der Waals surface area contributed by atoms with Gasteiger partial charge in [0.2, 0.25) is 0 Å². The molecule has 186 valence electrons. The number of nitrogens with zero attached hydrogens (tertiary/aromatic N) is 1. The van der Waals surface area contributed by atoms with Gasteiger partial charge in [-0.2, -0.15) is 13.4 Å². The van der Waals surface area contributed by atoms with Gasteiger partial charge in [-0.05, 0) is 45.9 Å². The van der Waals surface area contributed by atoms with E-state index in [0.717, 1.165) is 11.1 Å². The fourth-order valence-electron chi connectivity index (χ4n) is 3.57. The molecular formula is C26H34NNaO6S. The van der Waals surface area contributed by atoms with Crippen LogP contribution in [0.4, 0.5) is 4.79 Å². The Morgan fingerprint density at radius 1 is 0.743 bits per heavy atom. The molecule has 9 heteroatoms. The van der Waals surface area contributed by atoms with Crippen molar-refractivity contribution >= 4 is 21.4 Å². The molecular weight excluding hydrogens is 477 g/mol. The summed E-state index contributed by atoms with van der Waals surface area (Å²) in [5, 5.41) is 10.8. The van der Waals surface area contributed by atoms with E-state index in [1.165, 1.54) is 0 Å². The van der Waals surface area contributed by atoms with E-state index in [0.29, 0.717) is 16.9 Å². The van der Waals surface area contributed by atoms with Crippen LogP contribution in [0.2, 0.25) is 0 Å². The number of para-hydroxylation sites is 2. The molecule has 0 aliphatic heterocycles. The Labute approximate surface area is 231 Å². The summed E-state index contributed by atoms with van der Waals surface area (Å²) in [7, 11) is -4.87. The van der Waals surface area contributed by atoms with Gasteiger partial charge in [-0.1, -0.05) is 91.8 Å². The smallest absolute Gasteiger partial charge is 0.566 e. The van der Waals surface area contributed by atoms with Crippen molar-refractivity contribution in [1.29, 1.82) is 0 Å². The number of aliphatic imine (C=N–C) groups is 1. The molecule has 35 heavy (non-hydrogen) atoms. The summed E-state index contributed by atoms with van der Waals surface area (Å²) in [6.07, 6.45) is -1.31. The van der Waals surface area contributed by atoms with Crippen molar-refractivity contribution < 1.29 is 56.8 Å². The van der Waals surface area contributed by atoms with Crippen LogP contribution >= 0.6 is 0 Å². The van der Waals surface area contributed by atoms with Crippen molar-refractivity contribution in [3.8, 4) is 11.5 Å². The van der Waals surface area contributed by atoms with Gasteiger partial charge in [0.1, 0.15) is 5.75 Å². The first kappa shape index (κ1) is 31.2. The van der Waals surface area contributed by atoms with Crippen molar-refractivity contribution in [2.45, 2.75) is 79.1 Å². The minimum absolute atomic E-state index is 0. The maximum Gasteiger partial charge on any atom is 1.00 e. The zero-order valence-electron chi connectivity index (χ0n) is 22.1. The number of hydrogen-bond donors (Lipinski definition) is 0. The molecule has 0 saturated carbocycles. The molecule has 0 unspecified atom stereocenters. The standard InChI is InChI=1S/C26H35NO6S.Na/c1-15(2)19-11-9-12-20(16(3)4)23(19)32-25(28)27-26(29)34(30,31)33-24-21(17(5)6)13-10-14-22(24)18(7)8;/h9-18H,1-8H3,(H,27,28,29);/q;+1/p-1. The summed E-state index contributed by atoms with van der Waals surface area (Å²) in [5.41, 5.74) is 2.79. The van der Waals surface area contributed by atoms with E-state index in [2.05, 4.69) is 4.99 Å². The number of carbonyl (C=O) groups excluding carboxylic acids is 1. The molecule has 0 atom stereocenters. The molecule has 0 aliphatic rings. The second kappa shape index (κ2) is 12.9. The number of hydrogen-bond acceptors (Lipinski definition) is 6. The number of rotatable bonds is 7. The first-order chi connectivity index (χ1) is 15.8. The van der Waals surface area contributed by atoms with Crippen molar-refractivity contribution in [2.24, 2.45) is 4.99 Å². The number of carbonyl (C=O) groups is 1. The van der Waals surface area contributed by atoms with Gasteiger partial charge >= 0.3 is 44.9 Å². The maximum atomic E-state index is 12.7. The molecule has 1 amide bonds. The van der Waals surface area contributed by atoms with Crippen LogP contribution in [0.3, 0.4) is 0 Å². The van der Waals surface area contributed by atoms with Crippen molar-refractivity contribution in [3.63, 3.8) is 0 Å². The van der Waals surface area contributed by atoms with Crippen LogP contribution in [0.5, 0.6) is 11.5 Å². The number of amides is 1. The molecule has 0 aromatic heterocycles. The van der Waals surface area contributed by atoms with E-state index < -0.39 is 21.4 Å². The first-order valence-electron chi connectivity index (χ1n) is 11.4. The zero-order valence-corrected chi connectivity index (χ0v) is 24.9. The minimum atomic E-state index is -4.87. The van der Waals surface area contributed by atoms with Gasteiger partial charge in [0.25, 0.3) is 0 Å². The Bertz CT molecular complexity index is 1120. The van der Waals surface area contributed by atoms with Crippen LogP contribution in [-0.2, 0) is 10.1 Å². The summed E-state index contributed by atoms with van der Waals surface area (Å²) >= 11 is 0. The quantitative estimate of drug-likeness (QED) is 0.245. The van der Waals surface area contributed by atoms with Crippen molar-refractivity contribution in [3.05, 3.63) is 58.7 Å². The maximum absolute atomic E-state index is 12.7. The Morgan fingerprint density at radius 3 is 1.43 bits per heavy atom. The van der Waals surface area contributed by atoms with Gasteiger partial charge < -0.3 is 14.0 Å². The average molecular weight is 512 g/mol. The SMILES string of the molecule is CC(C)c1cccc(C(C)C)c1O/C([O-])=N\C(=O)S(=O)(=O)Oc1c(C(C)C)cccc1C(C)C.[Na+]. The normalized spacial score (nSPS) is 12.3. The Hall–Kier alpha value is -1.87. The fourth-order valence-corrected chi connectivity index (χ4v) is 4.24. The van der Waals surface area contributed by atoms with E-state index in [1.54, 1.807) is 12.1 Å². The Morgan fingerprint density at radius 2 is 1.09 bits per heavy atom. The predicted octanol–water partition coefficient (Wildman–Crippen LogP) is 2.81. The summed E-state index contributed by atoms with van der Waals surface area (Å²) in [5.74, 6) is 0.347. The van der Waals surface area contributed by atoms with Gasteiger partial charge in [-0.15, -0.1) is 0 Å².